The molecule has 0 bridgehead atoms. The zero-order chi connectivity index (χ0) is 9.42. The average Bonchev–Trinajstić information content (AvgIpc) is 2.47. The molecule has 0 fully saturated rings. The van der Waals surface area contributed by atoms with Crippen LogP contribution in [0.2, 0.25) is 0 Å². The van der Waals surface area contributed by atoms with Gasteiger partial charge in [-0.05, 0) is 25.1 Å². The van der Waals surface area contributed by atoms with Crippen molar-refractivity contribution >= 4 is 17.3 Å². The molecule has 3 nitrogen and oxygen atoms in total. The van der Waals surface area contributed by atoms with Crippen LogP contribution in [0, 0.1) is 6.92 Å². The monoisotopic (exact) mass is 176 g/mol. The van der Waals surface area contributed by atoms with Crippen LogP contribution in [0.25, 0.3) is 11.0 Å². The lowest BCUT2D eigenvalue weighted by Crippen LogP contribution is -1.79. The smallest absolute Gasteiger partial charge is 0.153 e. The van der Waals surface area contributed by atoms with Crippen molar-refractivity contribution in [2.24, 2.45) is 0 Å². The highest BCUT2D eigenvalue weighted by Crippen LogP contribution is 2.29. The Labute approximate surface area is 74.6 Å². The number of furan rings is 1. The Balaban J connectivity index is 2.85. The molecule has 0 spiro atoms. The molecule has 1 aromatic carbocycles. The molecule has 0 aliphatic rings. The van der Waals surface area contributed by atoms with Gasteiger partial charge in [-0.2, -0.15) is 0 Å². The van der Waals surface area contributed by atoms with Crippen LogP contribution in [-0.2, 0) is 0 Å². The number of hydrogen-bond acceptors (Lipinski definition) is 3. The van der Waals surface area contributed by atoms with E-state index in [0.29, 0.717) is 23.0 Å². The zero-order valence-electron chi connectivity index (χ0n) is 7.07. The van der Waals surface area contributed by atoms with Gasteiger partial charge in [-0.3, -0.25) is 4.79 Å². The summed E-state index contributed by atoms with van der Waals surface area (Å²) in [5.74, 6) is 0.706. The fraction of sp³-hybridized carbons (Fsp3) is 0.100. The molecule has 66 valence electrons. The molecule has 0 atom stereocenters. The zero-order valence-corrected chi connectivity index (χ0v) is 7.07. The van der Waals surface area contributed by atoms with Gasteiger partial charge in [0.2, 0.25) is 0 Å². The number of phenols is 1. The third kappa shape index (κ3) is 1.09. The van der Waals surface area contributed by atoms with E-state index in [1.165, 1.54) is 6.07 Å². The van der Waals surface area contributed by atoms with Crippen LogP contribution in [0.4, 0.5) is 0 Å². The number of hydrogen-bond donors (Lipinski definition) is 1. The molecule has 0 aliphatic heterocycles. The molecule has 2 aromatic rings. The third-order valence-corrected chi connectivity index (χ3v) is 1.95. The first kappa shape index (κ1) is 7.86. The van der Waals surface area contributed by atoms with E-state index in [1.807, 2.05) is 0 Å². The highest BCUT2D eigenvalue weighted by atomic mass is 16.3. The Hall–Kier alpha value is -1.77. The van der Waals surface area contributed by atoms with Crippen molar-refractivity contribution in [2.75, 3.05) is 0 Å². The predicted octanol–water partition coefficient (Wildman–Crippen LogP) is 2.26. The first-order chi connectivity index (χ1) is 6.22. The summed E-state index contributed by atoms with van der Waals surface area (Å²) < 4.78 is 5.27. The van der Waals surface area contributed by atoms with Gasteiger partial charge in [0.15, 0.2) is 6.29 Å². The number of carbonyl (C=O) groups is 1. The van der Waals surface area contributed by atoms with Gasteiger partial charge >= 0.3 is 0 Å². The lowest BCUT2D eigenvalue weighted by Gasteiger charge is -1.96. The largest absolute Gasteiger partial charge is 0.506 e. The van der Waals surface area contributed by atoms with E-state index in [1.54, 1.807) is 19.1 Å². The average molecular weight is 176 g/mol. The van der Waals surface area contributed by atoms with Crippen molar-refractivity contribution in [3.63, 3.8) is 0 Å². The number of carbonyl (C=O) groups excluding carboxylic acids is 1. The van der Waals surface area contributed by atoms with Gasteiger partial charge in [0, 0.05) is 0 Å². The topological polar surface area (TPSA) is 50.4 Å². The van der Waals surface area contributed by atoms with E-state index in [4.69, 9.17) is 4.42 Å². The van der Waals surface area contributed by atoms with Gasteiger partial charge in [-0.1, -0.05) is 0 Å². The van der Waals surface area contributed by atoms with Crippen LogP contribution in [0.5, 0.6) is 5.75 Å². The molecule has 13 heavy (non-hydrogen) atoms. The van der Waals surface area contributed by atoms with E-state index < -0.39 is 0 Å². The number of rotatable bonds is 1. The molecule has 0 saturated carbocycles. The maximum absolute atomic E-state index is 10.5. The van der Waals surface area contributed by atoms with Gasteiger partial charge in [0.05, 0.1) is 10.9 Å². The summed E-state index contributed by atoms with van der Waals surface area (Å²) in [7, 11) is 0. The number of aromatic hydroxyl groups is 1. The highest BCUT2D eigenvalue weighted by Gasteiger charge is 2.08. The second kappa shape index (κ2) is 2.62. The molecule has 0 aliphatic carbocycles. The third-order valence-electron chi connectivity index (χ3n) is 1.95. The Morgan fingerprint density at radius 1 is 1.46 bits per heavy atom. The standard InChI is InChI=1S/C10H8O3/c1-6-4-8-9(13-6)3-2-7(5-11)10(8)12/h2-5,12H,1H3. The second-order valence-electron chi connectivity index (χ2n) is 2.89. The first-order valence-electron chi connectivity index (χ1n) is 3.89. The summed E-state index contributed by atoms with van der Waals surface area (Å²) in [6.45, 7) is 1.79. The molecule has 0 amide bonds. The lowest BCUT2D eigenvalue weighted by atomic mass is 10.1. The van der Waals surface area contributed by atoms with E-state index in [0.717, 1.165) is 0 Å². The summed E-state index contributed by atoms with van der Waals surface area (Å²) >= 11 is 0. The summed E-state index contributed by atoms with van der Waals surface area (Å²) in [5.41, 5.74) is 0.883. The summed E-state index contributed by atoms with van der Waals surface area (Å²) in [6, 6.07) is 4.91. The van der Waals surface area contributed by atoms with E-state index in [2.05, 4.69) is 0 Å². The number of benzene rings is 1. The first-order valence-corrected chi connectivity index (χ1v) is 3.89. The van der Waals surface area contributed by atoms with Crippen molar-refractivity contribution < 1.29 is 14.3 Å². The number of aldehydes is 1. The summed E-state index contributed by atoms with van der Waals surface area (Å²) in [6.07, 6.45) is 0.622. The van der Waals surface area contributed by atoms with Gasteiger partial charge in [-0.25, -0.2) is 0 Å². The van der Waals surface area contributed by atoms with Crippen molar-refractivity contribution in [3.05, 3.63) is 29.5 Å². The molecule has 1 N–H and O–H groups in total. The molecule has 2 rings (SSSR count). The van der Waals surface area contributed by atoms with Crippen LogP contribution in [-0.4, -0.2) is 11.4 Å². The minimum absolute atomic E-state index is 0.00986. The molecule has 3 heteroatoms. The van der Waals surface area contributed by atoms with Crippen molar-refractivity contribution in [1.82, 2.24) is 0 Å². The van der Waals surface area contributed by atoms with Crippen LogP contribution in [0.3, 0.4) is 0 Å². The molecule has 1 aromatic heterocycles. The minimum atomic E-state index is -0.00986. The molecule has 0 saturated heterocycles. The Bertz CT molecular complexity index is 468. The molecule has 0 radical (unpaired) electrons. The Morgan fingerprint density at radius 2 is 2.23 bits per heavy atom. The van der Waals surface area contributed by atoms with Crippen molar-refractivity contribution in [1.29, 1.82) is 0 Å². The minimum Gasteiger partial charge on any atom is -0.506 e. The van der Waals surface area contributed by atoms with Crippen LogP contribution in [0.1, 0.15) is 16.1 Å². The van der Waals surface area contributed by atoms with Gasteiger partial charge < -0.3 is 9.52 Å². The van der Waals surface area contributed by atoms with Crippen LogP contribution >= 0.6 is 0 Å². The van der Waals surface area contributed by atoms with Crippen LogP contribution < -0.4 is 0 Å². The number of fused-ring (bicyclic) bond motifs is 1. The predicted molar refractivity (Wildman–Crippen MR) is 48.0 cm³/mol. The van der Waals surface area contributed by atoms with E-state index in [-0.39, 0.29) is 11.3 Å². The van der Waals surface area contributed by atoms with E-state index in [9.17, 15) is 9.90 Å². The fourth-order valence-corrected chi connectivity index (χ4v) is 1.34. The van der Waals surface area contributed by atoms with E-state index >= 15 is 0 Å². The summed E-state index contributed by atoms with van der Waals surface area (Å²) in [5, 5.41) is 10.2. The Kier molecular flexibility index (Phi) is 1.59. The van der Waals surface area contributed by atoms with Crippen molar-refractivity contribution in [3.8, 4) is 5.75 Å². The fourth-order valence-electron chi connectivity index (χ4n) is 1.34. The maximum atomic E-state index is 10.5. The van der Waals surface area contributed by atoms with Crippen molar-refractivity contribution in [2.45, 2.75) is 6.92 Å². The second-order valence-corrected chi connectivity index (χ2v) is 2.89. The van der Waals surface area contributed by atoms with Crippen LogP contribution in [0.15, 0.2) is 22.6 Å². The normalized spacial score (nSPS) is 10.5. The SMILES string of the molecule is Cc1cc2c(O)c(C=O)ccc2o1. The number of phenolic OH excluding ortho intramolecular Hbond substituents is 1. The molecular weight excluding hydrogens is 168 g/mol. The maximum Gasteiger partial charge on any atom is 0.153 e. The van der Waals surface area contributed by atoms with Gasteiger partial charge in [-0.15, -0.1) is 0 Å². The molecule has 1 heterocycles. The highest BCUT2D eigenvalue weighted by molar-refractivity contribution is 5.93. The lowest BCUT2D eigenvalue weighted by molar-refractivity contribution is 0.112. The molecule has 0 unspecified atom stereocenters. The van der Waals surface area contributed by atoms with Gasteiger partial charge in [0.25, 0.3) is 0 Å². The van der Waals surface area contributed by atoms with Gasteiger partial charge in [0.1, 0.15) is 17.1 Å². The Morgan fingerprint density at radius 3 is 2.92 bits per heavy atom. The summed E-state index contributed by atoms with van der Waals surface area (Å²) in [4.78, 5) is 10.5. The number of aryl methyl sites for hydroxylation is 1. The molecular formula is C10H8O3. The quantitative estimate of drug-likeness (QED) is 0.678.